The maximum Gasteiger partial charge on any atom is 0.271 e. The van der Waals surface area contributed by atoms with Crippen LogP contribution < -0.4 is 10.2 Å². The number of nitrogens with zero attached hydrogens (tertiary/aromatic N) is 1. The zero-order chi connectivity index (χ0) is 20.8. The van der Waals surface area contributed by atoms with Crippen LogP contribution in [0.25, 0.3) is 10.8 Å². The standard InChI is InChI=1S/C25H19ClN2O2/c26-23-13-11-20(12-14-23)25(29)28-27-16-22-7-3-4-8-24(22)30-17-18-9-10-19-5-1-2-6-21(19)15-18/h1-16H,17H2,(H,28,29)/b27-16-. The molecule has 0 fully saturated rings. The first-order valence-electron chi connectivity index (χ1n) is 9.47. The molecule has 4 aromatic carbocycles. The van der Waals surface area contributed by atoms with Gasteiger partial charge < -0.3 is 4.74 Å². The molecule has 0 bridgehead atoms. The summed E-state index contributed by atoms with van der Waals surface area (Å²) >= 11 is 5.85. The van der Waals surface area contributed by atoms with Crippen LogP contribution in [0.4, 0.5) is 0 Å². The summed E-state index contributed by atoms with van der Waals surface area (Å²) < 4.78 is 6.01. The molecule has 1 amide bonds. The van der Waals surface area contributed by atoms with E-state index in [1.54, 1.807) is 30.5 Å². The Morgan fingerprint density at radius 1 is 0.900 bits per heavy atom. The molecule has 0 unspecified atom stereocenters. The molecular weight excluding hydrogens is 396 g/mol. The van der Waals surface area contributed by atoms with E-state index in [0.29, 0.717) is 22.9 Å². The SMILES string of the molecule is O=C(N/N=C\c1ccccc1OCc1ccc2ccccc2c1)c1ccc(Cl)cc1. The summed E-state index contributed by atoms with van der Waals surface area (Å²) in [7, 11) is 0. The predicted octanol–water partition coefficient (Wildman–Crippen LogP) is 5.84. The van der Waals surface area contributed by atoms with Gasteiger partial charge in [-0.3, -0.25) is 4.79 Å². The number of amides is 1. The molecule has 0 heterocycles. The van der Waals surface area contributed by atoms with E-state index in [1.807, 2.05) is 36.4 Å². The third-order valence-electron chi connectivity index (χ3n) is 4.60. The van der Waals surface area contributed by atoms with Crippen molar-refractivity contribution in [3.63, 3.8) is 0 Å². The lowest BCUT2D eigenvalue weighted by molar-refractivity contribution is 0.0955. The summed E-state index contributed by atoms with van der Waals surface area (Å²) in [6.07, 6.45) is 1.57. The molecule has 5 heteroatoms. The summed E-state index contributed by atoms with van der Waals surface area (Å²) in [5.41, 5.74) is 4.86. The molecule has 1 N–H and O–H groups in total. The van der Waals surface area contributed by atoms with Gasteiger partial charge in [-0.05, 0) is 58.8 Å². The molecule has 30 heavy (non-hydrogen) atoms. The molecule has 0 atom stereocenters. The molecule has 0 aliphatic heterocycles. The number of hydrogen-bond donors (Lipinski definition) is 1. The van der Waals surface area contributed by atoms with Crippen LogP contribution in [0, 0.1) is 0 Å². The Hall–Kier alpha value is -3.63. The molecule has 4 aromatic rings. The molecule has 0 radical (unpaired) electrons. The Kier molecular flexibility index (Phi) is 6.06. The molecule has 0 spiro atoms. The van der Waals surface area contributed by atoms with Gasteiger partial charge in [0.1, 0.15) is 12.4 Å². The molecule has 0 aliphatic rings. The maximum absolute atomic E-state index is 12.1. The van der Waals surface area contributed by atoms with Crippen LogP contribution >= 0.6 is 11.6 Å². The van der Waals surface area contributed by atoms with E-state index in [4.69, 9.17) is 16.3 Å². The van der Waals surface area contributed by atoms with Gasteiger partial charge >= 0.3 is 0 Å². The van der Waals surface area contributed by atoms with Gasteiger partial charge in [0.25, 0.3) is 5.91 Å². The number of hydrazone groups is 1. The van der Waals surface area contributed by atoms with E-state index >= 15 is 0 Å². The number of hydrogen-bond acceptors (Lipinski definition) is 3. The van der Waals surface area contributed by atoms with Gasteiger partial charge in [0.05, 0.1) is 6.21 Å². The Balaban J connectivity index is 1.42. The fourth-order valence-electron chi connectivity index (χ4n) is 3.03. The number of para-hydroxylation sites is 1. The lowest BCUT2D eigenvalue weighted by atomic mass is 10.1. The second-order valence-electron chi connectivity index (χ2n) is 6.71. The van der Waals surface area contributed by atoms with Gasteiger partial charge in [0.15, 0.2) is 0 Å². The van der Waals surface area contributed by atoms with Gasteiger partial charge in [-0.1, -0.05) is 60.1 Å². The van der Waals surface area contributed by atoms with Crippen molar-refractivity contribution in [1.29, 1.82) is 0 Å². The second-order valence-corrected chi connectivity index (χ2v) is 7.15. The minimum atomic E-state index is -0.308. The molecule has 0 saturated heterocycles. The van der Waals surface area contributed by atoms with E-state index in [1.165, 1.54) is 10.8 Å². The predicted molar refractivity (Wildman–Crippen MR) is 121 cm³/mol. The quantitative estimate of drug-likeness (QED) is 0.318. The van der Waals surface area contributed by atoms with Crippen LogP contribution in [0.2, 0.25) is 5.02 Å². The van der Waals surface area contributed by atoms with E-state index in [9.17, 15) is 4.79 Å². The first-order chi connectivity index (χ1) is 14.7. The molecule has 0 aliphatic carbocycles. The zero-order valence-electron chi connectivity index (χ0n) is 16.1. The minimum Gasteiger partial charge on any atom is -0.488 e. The van der Waals surface area contributed by atoms with E-state index in [-0.39, 0.29) is 5.91 Å². The largest absolute Gasteiger partial charge is 0.488 e. The van der Waals surface area contributed by atoms with E-state index < -0.39 is 0 Å². The number of rotatable bonds is 6. The van der Waals surface area contributed by atoms with Gasteiger partial charge in [0.2, 0.25) is 0 Å². The summed E-state index contributed by atoms with van der Waals surface area (Å²) in [5.74, 6) is 0.382. The average molecular weight is 415 g/mol. The molecule has 0 aromatic heterocycles. The summed E-state index contributed by atoms with van der Waals surface area (Å²) in [6.45, 7) is 0.437. The van der Waals surface area contributed by atoms with Crippen LogP contribution in [0.3, 0.4) is 0 Å². The molecule has 4 rings (SSSR count). The van der Waals surface area contributed by atoms with Crippen molar-refractivity contribution < 1.29 is 9.53 Å². The minimum absolute atomic E-state index is 0.308. The fraction of sp³-hybridized carbons (Fsp3) is 0.0400. The van der Waals surface area contributed by atoms with Crippen molar-refractivity contribution in [2.24, 2.45) is 5.10 Å². The van der Waals surface area contributed by atoms with Crippen molar-refractivity contribution in [3.05, 3.63) is 113 Å². The van der Waals surface area contributed by atoms with Crippen molar-refractivity contribution >= 4 is 34.5 Å². The van der Waals surface area contributed by atoms with Crippen molar-refractivity contribution in [1.82, 2.24) is 5.43 Å². The van der Waals surface area contributed by atoms with E-state index in [2.05, 4.69) is 40.9 Å². The average Bonchev–Trinajstić information content (AvgIpc) is 2.78. The lowest BCUT2D eigenvalue weighted by Crippen LogP contribution is -2.17. The molecule has 4 nitrogen and oxygen atoms in total. The van der Waals surface area contributed by atoms with E-state index in [0.717, 1.165) is 11.1 Å². The normalized spacial score (nSPS) is 11.0. The zero-order valence-corrected chi connectivity index (χ0v) is 16.8. The monoisotopic (exact) mass is 414 g/mol. The molecular formula is C25H19ClN2O2. The Morgan fingerprint density at radius 3 is 2.47 bits per heavy atom. The second kappa shape index (κ2) is 9.25. The van der Waals surface area contributed by atoms with Crippen LogP contribution in [0.5, 0.6) is 5.75 Å². The highest BCUT2D eigenvalue weighted by molar-refractivity contribution is 6.30. The summed E-state index contributed by atoms with van der Waals surface area (Å²) in [6, 6.07) is 28.7. The highest BCUT2D eigenvalue weighted by atomic mass is 35.5. The van der Waals surface area contributed by atoms with Crippen LogP contribution in [-0.4, -0.2) is 12.1 Å². The van der Waals surface area contributed by atoms with Crippen molar-refractivity contribution in [2.45, 2.75) is 6.61 Å². The number of benzene rings is 4. The van der Waals surface area contributed by atoms with Crippen LogP contribution in [0.1, 0.15) is 21.5 Å². The number of fused-ring (bicyclic) bond motifs is 1. The smallest absolute Gasteiger partial charge is 0.271 e. The third-order valence-corrected chi connectivity index (χ3v) is 4.86. The van der Waals surface area contributed by atoms with Crippen LogP contribution in [0.15, 0.2) is 96.1 Å². The van der Waals surface area contributed by atoms with Crippen LogP contribution in [-0.2, 0) is 6.61 Å². The number of carbonyl (C=O) groups excluding carboxylic acids is 1. The highest BCUT2D eigenvalue weighted by Crippen LogP contribution is 2.20. The summed E-state index contributed by atoms with van der Waals surface area (Å²) in [4.78, 5) is 12.1. The summed E-state index contributed by atoms with van der Waals surface area (Å²) in [5, 5.41) is 7.01. The number of carbonyl (C=O) groups is 1. The van der Waals surface area contributed by atoms with Crippen molar-refractivity contribution in [2.75, 3.05) is 0 Å². The Morgan fingerprint density at radius 2 is 1.63 bits per heavy atom. The third kappa shape index (κ3) is 4.85. The van der Waals surface area contributed by atoms with Crippen molar-refractivity contribution in [3.8, 4) is 5.75 Å². The fourth-order valence-corrected chi connectivity index (χ4v) is 3.16. The number of ether oxygens (including phenoxy) is 1. The first kappa shape index (κ1) is 19.7. The van der Waals surface area contributed by atoms with Gasteiger partial charge in [0, 0.05) is 16.1 Å². The maximum atomic E-state index is 12.1. The Labute approximate surface area is 179 Å². The highest BCUT2D eigenvalue weighted by Gasteiger charge is 2.05. The van der Waals surface area contributed by atoms with Gasteiger partial charge in [-0.15, -0.1) is 0 Å². The molecule has 148 valence electrons. The first-order valence-corrected chi connectivity index (χ1v) is 9.85. The number of nitrogens with one attached hydrogen (secondary N) is 1. The Bertz CT molecular complexity index is 1200. The topological polar surface area (TPSA) is 50.7 Å². The van der Waals surface area contributed by atoms with Gasteiger partial charge in [-0.25, -0.2) is 5.43 Å². The van der Waals surface area contributed by atoms with Gasteiger partial charge in [-0.2, -0.15) is 5.10 Å². The number of halogens is 1. The molecule has 0 saturated carbocycles. The lowest BCUT2D eigenvalue weighted by Gasteiger charge is -2.10.